The summed E-state index contributed by atoms with van der Waals surface area (Å²) in [6.45, 7) is 3.07. The molecule has 98 valence electrons. The Labute approximate surface area is 103 Å². The van der Waals surface area contributed by atoms with E-state index in [0.29, 0.717) is 18.5 Å². The van der Waals surface area contributed by atoms with Crippen LogP contribution in [0.15, 0.2) is 0 Å². The van der Waals surface area contributed by atoms with Crippen LogP contribution in [0.3, 0.4) is 0 Å². The fourth-order valence-electron chi connectivity index (χ4n) is 2.66. The van der Waals surface area contributed by atoms with Crippen molar-refractivity contribution >= 4 is 5.91 Å². The number of ether oxygens (including phenoxy) is 1. The normalized spacial score (nSPS) is 26.0. The SMILES string of the molecule is O=C(CNCC1CCOC1)NC1CCCCC1. The monoisotopic (exact) mass is 240 g/mol. The number of rotatable bonds is 5. The average molecular weight is 240 g/mol. The van der Waals surface area contributed by atoms with Crippen molar-refractivity contribution in [1.82, 2.24) is 10.6 Å². The molecular weight excluding hydrogens is 216 g/mol. The Bertz CT molecular complexity index is 234. The highest BCUT2D eigenvalue weighted by molar-refractivity contribution is 5.78. The summed E-state index contributed by atoms with van der Waals surface area (Å²) in [6.07, 6.45) is 7.28. The fourth-order valence-corrected chi connectivity index (χ4v) is 2.66. The smallest absolute Gasteiger partial charge is 0.234 e. The van der Waals surface area contributed by atoms with E-state index in [0.717, 1.165) is 39.0 Å². The largest absolute Gasteiger partial charge is 0.381 e. The van der Waals surface area contributed by atoms with E-state index in [1.165, 1.54) is 19.3 Å². The summed E-state index contributed by atoms with van der Waals surface area (Å²) in [5.41, 5.74) is 0. The molecule has 0 spiro atoms. The maximum absolute atomic E-state index is 11.7. The van der Waals surface area contributed by atoms with Crippen molar-refractivity contribution in [2.24, 2.45) is 5.92 Å². The summed E-state index contributed by atoms with van der Waals surface area (Å²) < 4.78 is 5.30. The van der Waals surface area contributed by atoms with E-state index in [1.54, 1.807) is 0 Å². The Morgan fingerprint density at radius 1 is 1.18 bits per heavy atom. The predicted octanol–water partition coefficient (Wildman–Crippen LogP) is 1.06. The van der Waals surface area contributed by atoms with Crippen molar-refractivity contribution in [3.63, 3.8) is 0 Å². The molecule has 1 saturated heterocycles. The summed E-state index contributed by atoms with van der Waals surface area (Å²) in [5.74, 6) is 0.744. The van der Waals surface area contributed by atoms with Gasteiger partial charge in [0.2, 0.25) is 5.91 Å². The number of hydrogen-bond donors (Lipinski definition) is 2. The molecule has 0 aromatic rings. The van der Waals surface area contributed by atoms with E-state index in [2.05, 4.69) is 10.6 Å². The molecule has 1 heterocycles. The molecule has 1 unspecified atom stereocenters. The van der Waals surface area contributed by atoms with Gasteiger partial charge in [-0.2, -0.15) is 0 Å². The van der Waals surface area contributed by atoms with Crippen LogP contribution in [-0.4, -0.2) is 38.3 Å². The molecule has 0 radical (unpaired) electrons. The highest BCUT2D eigenvalue weighted by atomic mass is 16.5. The maximum atomic E-state index is 11.7. The van der Waals surface area contributed by atoms with Crippen LogP contribution in [0.2, 0.25) is 0 Å². The highest BCUT2D eigenvalue weighted by Gasteiger charge is 2.17. The first kappa shape index (κ1) is 12.8. The van der Waals surface area contributed by atoms with Gasteiger partial charge < -0.3 is 15.4 Å². The second kappa shape index (κ2) is 6.97. The Balaban J connectivity index is 1.53. The molecule has 4 heteroatoms. The zero-order valence-electron chi connectivity index (χ0n) is 10.5. The molecule has 0 aromatic heterocycles. The summed E-state index contributed by atoms with van der Waals surface area (Å²) in [7, 11) is 0. The van der Waals surface area contributed by atoms with Gasteiger partial charge in [-0.15, -0.1) is 0 Å². The molecule has 1 aliphatic heterocycles. The Morgan fingerprint density at radius 2 is 2.00 bits per heavy atom. The molecule has 1 aliphatic carbocycles. The predicted molar refractivity (Wildman–Crippen MR) is 66.8 cm³/mol. The third-order valence-corrected chi connectivity index (χ3v) is 3.71. The third-order valence-electron chi connectivity index (χ3n) is 3.71. The first-order valence-corrected chi connectivity index (χ1v) is 6.92. The topological polar surface area (TPSA) is 50.4 Å². The first-order valence-electron chi connectivity index (χ1n) is 6.92. The number of amides is 1. The molecule has 2 N–H and O–H groups in total. The highest BCUT2D eigenvalue weighted by Crippen LogP contribution is 2.17. The first-order chi connectivity index (χ1) is 8.34. The zero-order valence-corrected chi connectivity index (χ0v) is 10.5. The van der Waals surface area contributed by atoms with Gasteiger partial charge in [-0.05, 0) is 25.2 Å². The Hall–Kier alpha value is -0.610. The quantitative estimate of drug-likeness (QED) is 0.755. The van der Waals surface area contributed by atoms with E-state index >= 15 is 0 Å². The molecule has 1 amide bonds. The molecular formula is C13H24N2O2. The average Bonchev–Trinajstić information content (AvgIpc) is 2.83. The lowest BCUT2D eigenvalue weighted by Crippen LogP contribution is -2.42. The van der Waals surface area contributed by atoms with Gasteiger partial charge in [-0.1, -0.05) is 19.3 Å². The van der Waals surface area contributed by atoms with Crippen LogP contribution in [0.25, 0.3) is 0 Å². The Morgan fingerprint density at radius 3 is 2.71 bits per heavy atom. The molecule has 2 fully saturated rings. The number of hydrogen-bond acceptors (Lipinski definition) is 3. The third kappa shape index (κ3) is 4.64. The van der Waals surface area contributed by atoms with Crippen molar-refractivity contribution < 1.29 is 9.53 Å². The molecule has 1 saturated carbocycles. The van der Waals surface area contributed by atoms with Gasteiger partial charge in [0.15, 0.2) is 0 Å². The minimum atomic E-state index is 0.149. The molecule has 4 nitrogen and oxygen atoms in total. The van der Waals surface area contributed by atoms with Crippen molar-refractivity contribution in [3.8, 4) is 0 Å². The van der Waals surface area contributed by atoms with Gasteiger partial charge in [-0.25, -0.2) is 0 Å². The standard InChI is InChI=1S/C13H24N2O2/c16-13(15-12-4-2-1-3-5-12)9-14-8-11-6-7-17-10-11/h11-12,14H,1-10H2,(H,15,16). The molecule has 17 heavy (non-hydrogen) atoms. The van der Waals surface area contributed by atoms with Crippen LogP contribution >= 0.6 is 0 Å². The van der Waals surface area contributed by atoms with Gasteiger partial charge in [0.25, 0.3) is 0 Å². The van der Waals surface area contributed by atoms with E-state index in [1.807, 2.05) is 0 Å². The van der Waals surface area contributed by atoms with Crippen LogP contribution < -0.4 is 10.6 Å². The van der Waals surface area contributed by atoms with Gasteiger partial charge in [0, 0.05) is 19.2 Å². The fraction of sp³-hybridized carbons (Fsp3) is 0.923. The summed E-state index contributed by atoms with van der Waals surface area (Å²) in [4.78, 5) is 11.7. The maximum Gasteiger partial charge on any atom is 0.234 e. The van der Waals surface area contributed by atoms with Crippen LogP contribution in [0, 0.1) is 5.92 Å². The number of carbonyl (C=O) groups is 1. The van der Waals surface area contributed by atoms with E-state index in [4.69, 9.17) is 4.74 Å². The van der Waals surface area contributed by atoms with Gasteiger partial charge >= 0.3 is 0 Å². The van der Waals surface area contributed by atoms with Crippen molar-refractivity contribution in [2.75, 3.05) is 26.3 Å². The summed E-state index contributed by atoms with van der Waals surface area (Å²) in [5, 5.41) is 6.34. The molecule has 0 aromatic carbocycles. The second-order valence-corrected chi connectivity index (χ2v) is 5.26. The van der Waals surface area contributed by atoms with Gasteiger partial charge in [0.05, 0.1) is 13.2 Å². The van der Waals surface area contributed by atoms with Crippen LogP contribution in [0.4, 0.5) is 0 Å². The molecule has 1 atom stereocenters. The second-order valence-electron chi connectivity index (χ2n) is 5.26. The van der Waals surface area contributed by atoms with E-state index < -0.39 is 0 Å². The van der Waals surface area contributed by atoms with Crippen LogP contribution in [0.1, 0.15) is 38.5 Å². The van der Waals surface area contributed by atoms with Crippen molar-refractivity contribution in [2.45, 2.75) is 44.6 Å². The van der Waals surface area contributed by atoms with E-state index in [-0.39, 0.29) is 5.91 Å². The minimum Gasteiger partial charge on any atom is -0.381 e. The minimum absolute atomic E-state index is 0.149. The Kier molecular flexibility index (Phi) is 5.26. The number of nitrogens with one attached hydrogen (secondary N) is 2. The van der Waals surface area contributed by atoms with Gasteiger partial charge in [-0.3, -0.25) is 4.79 Å². The lowest BCUT2D eigenvalue weighted by Gasteiger charge is -2.22. The number of carbonyl (C=O) groups excluding carboxylic acids is 1. The zero-order chi connectivity index (χ0) is 11.9. The van der Waals surface area contributed by atoms with Crippen molar-refractivity contribution in [3.05, 3.63) is 0 Å². The molecule has 2 aliphatic rings. The van der Waals surface area contributed by atoms with Crippen LogP contribution in [0.5, 0.6) is 0 Å². The lowest BCUT2D eigenvalue weighted by molar-refractivity contribution is -0.121. The summed E-state index contributed by atoms with van der Waals surface area (Å²) >= 11 is 0. The van der Waals surface area contributed by atoms with Gasteiger partial charge in [0.1, 0.15) is 0 Å². The van der Waals surface area contributed by atoms with Crippen LogP contribution in [-0.2, 0) is 9.53 Å². The molecule has 0 bridgehead atoms. The summed E-state index contributed by atoms with van der Waals surface area (Å²) in [6, 6.07) is 0.424. The van der Waals surface area contributed by atoms with Crippen molar-refractivity contribution in [1.29, 1.82) is 0 Å². The molecule has 2 rings (SSSR count). The lowest BCUT2D eigenvalue weighted by atomic mass is 9.95. The van der Waals surface area contributed by atoms with E-state index in [9.17, 15) is 4.79 Å².